The van der Waals surface area contributed by atoms with Gasteiger partial charge >= 0.3 is 11.6 Å². The molecule has 5 nitrogen and oxygen atoms in total. The largest absolute Gasteiger partial charge is 0.496 e. The number of carbonyl (C=O) groups is 1. The molecule has 0 aliphatic rings. The summed E-state index contributed by atoms with van der Waals surface area (Å²) in [6.07, 6.45) is 0.428. The Morgan fingerprint density at radius 2 is 1.85 bits per heavy atom. The predicted molar refractivity (Wildman–Crippen MR) is 98.7 cm³/mol. The fourth-order valence-corrected chi connectivity index (χ4v) is 3.19. The van der Waals surface area contributed by atoms with Crippen LogP contribution in [-0.4, -0.2) is 20.2 Å². The Morgan fingerprint density at radius 3 is 2.50 bits per heavy atom. The zero-order valence-electron chi connectivity index (χ0n) is 14.9. The van der Waals surface area contributed by atoms with E-state index in [0.29, 0.717) is 34.3 Å². The molecule has 0 unspecified atom stereocenters. The number of hydrogen-bond donors (Lipinski definition) is 0. The first-order valence-corrected chi connectivity index (χ1v) is 8.28. The summed E-state index contributed by atoms with van der Waals surface area (Å²) in [7, 11) is 2.91. The van der Waals surface area contributed by atoms with Crippen molar-refractivity contribution < 1.29 is 18.7 Å². The monoisotopic (exact) mass is 352 g/mol. The molecule has 3 rings (SSSR count). The Balaban J connectivity index is 2.20. The van der Waals surface area contributed by atoms with Gasteiger partial charge in [-0.05, 0) is 36.6 Å². The van der Waals surface area contributed by atoms with Crippen LogP contribution in [-0.2, 0) is 16.0 Å². The first kappa shape index (κ1) is 17.7. The molecule has 0 N–H and O–H groups in total. The summed E-state index contributed by atoms with van der Waals surface area (Å²) in [5.74, 6) is -0.383. The number of carbonyl (C=O) groups excluding carboxylic acids is 1. The second-order valence-corrected chi connectivity index (χ2v) is 6.06. The quantitative estimate of drug-likeness (QED) is 0.518. The van der Waals surface area contributed by atoms with Crippen LogP contribution < -0.4 is 10.4 Å². The van der Waals surface area contributed by atoms with Gasteiger partial charge in [-0.25, -0.2) is 4.79 Å². The van der Waals surface area contributed by atoms with Crippen molar-refractivity contribution in [1.29, 1.82) is 0 Å². The van der Waals surface area contributed by atoms with Crippen LogP contribution in [0.15, 0.2) is 57.7 Å². The maximum absolute atomic E-state index is 12.5. The zero-order valence-corrected chi connectivity index (χ0v) is 14.9. The minimum absolute atomic E-state index is 0.394. The maximum atomic E-state index is 12.5. The van der Waals surface area contributed by atoms with Gasteiger partial charge in [0.2, 0.25) is 0 Å². The molecule has 0 aliphatic heterocycles. The van der Waals surface area contributed by atoms with Crippen LogP contribution >= 0.6 is 0 Å². The molecule has 0 saturated carbocycles. The molecule has 26 heavy (non-hydrogen) atoms. The summed E-state index contributed by atoms with van der Waals surface area (Å²) in [5, 5.41) is 0.703. The smallest absolute Gasteiger partial charge is 0.336 e. The minimum atomic E-state index is -0.609. The minimum Gasteiger partial charge on any atom is -0.496 e. The summed E-state index contributed by atoms with van der Waals surface area (Å²) < 4.78 is 15.7. The Labute approximate surface area is 151 Å². The molecule has 0 fully saturated rings. The van der Waals surface area contributed by atoms with Crippen molar-refractivity contribution in [2.24, 2.45) is 0 Å². The molecule has 0 spiro atoms. The molecule has 1 aromatic heterocycles. The van der Waals surface area contributed by atoms with Crippen molar-refractivity contribution in [2.45, 2.75) is 19.3 Å². The molecule has 1 heterocycles. The van der Waals surface area contributed by atoms with Crippen molar-refractivity contribution in [2.75, 3.05) is 14.2 Å². The predicted octanol–water partition coefficient (Wildman–Crippen LogP) is 3.61. The molecule has 0 saturated heterocycles. The summed E-state index contributed by atoms with van der Waals surface area (Å²) in [4.78, 5) is 24.7. The molecule has 2 aromatic carbocycles. The highest BCUT2D eigenvalue weighted by atomic mass is 16.5. The van der Waals surface area contributed by atoms with E-state index in [1.807, 2.05) is 37.3 Å². The van der Waals surface area contributed by atoms with Crippen LogP contribution in [0.2, 0.25) is 0 Å². The van der Waals surface area contributed by atoms with Crippen LogP contribution in [0.4, 0.5) is 0 Å². The van der Waals surface area contributed by atoms with Gasteiger partial charge in [-0.3, -0.25) is 4.79 Å². The van der Waals surface area contributed by atoms with Crippen LogP contribution in [0.25, 0.3) is 11.0 Å². The first-order chi connectivity index (χ1) is 12.5. The number of methoxy groups -OCH3 is 2. The van der Waals surface area contributed by atoms with Gasteiger partial charge in [0.05, 0.1) is 20.1 Å². The van der Waals surface area contributed by atoms with Gasteiger partial charge in [-0.1, -0.05) is 30.3 Å². The van der Waals surface area contributed by atoms with Crippen LogP contribution in [0.3, 0.4) is 0 Å². The number of ether oxygens (including phenoxy) is 2. The lowest BCUT2D eigenvalue weighted by atomic mass is 9.89. The van der Waals surface area contributed by atoms with Gasteiger partial charge in [0.15, 0.2) is 0 Å². The molecular formula is C21H20O5. The van der Waals surface area contributed by atoms with E-state index in [4.69, 9.17) is 13.9 Å². The Hall–Kier alpha value is -3.08. The van der Waals surface area contributed by atoms with E-state index in [1.165, 1.54) is 13.2 Å². The van der Waals surface area contributed by atoms with Crippen LogP contribution in [0.5, 0.6) is 5.75 Å². The van der Waals surface area contributed by atoms with E-state index >= 15 is 0 Å². The van der Waals surface area contributed by atoms with Crippen molar-refractivity contribution in [3.8, 4) is 5.75 Å². The maximum Gasteiger partial charge on any atom is 0.336 e. The number of esters is 1. The molecule has 0 aliphatic carbocycles. The first-order valence-electron chi connectivity index (χ1n) is 8.28. The molecule has 1 atom stereocenters. The van der Waals surface area contributed by atoms with Gasteiger partial charge < -0.3 is 13.9 Å². The molecule has 3 aromatic rings. The lowest BCUT2D eigenvalue weighted by molar-refractivity contribution is -0.142. The third kappa shape index (κ3) is 3.33. The number of rotatable bonds is 5. The summed E-state index contributed by atoms with van der Waals surface area (Å²) in [6, 6.07) is 14.6. The highest BCUT2D eigenvalue weighted by molar-refractivity contribution is 5.90. The highest BCUT2D eigenvalue weighted by Gasteiger charge is 2.26. The molecule has 0 amide bonds. The third-order valence-corrected chi connectivity index (χ3v) is 4.51. The van der Waals surface area contributed by atoms with E-state index in [-0.39, 0.29) is 0 Å². The molecule has 134 valence electrons. The average molecular weight is 352 g/mol. The topological polar surface area (TPSA) is 65.7 Å². The second kappa shape index (κ2) is 7.44. The van der Waals surface area contributed by atoms with Gasteiger partial charge in [0.25, 0.3) is 0 Å². The highest BCUT2D eigenvalue weighted by Crippen LogP contribution is 2.33. The number of benzene rings is 2. The number of aryl methyl sites for hydroxylation is 1. The fourth-order valence-electron chi connectivity index (χ4n) is 3.19. The van der Waals surface area contributed by atoms with E-state index in [0.717, 1.165) is 5.56 Å². The van der Waals surface area contributed by atoms with Crippen molar-refractivity contribution in [1.82, 2.24) is 0 Å². The van der Waals surface area contributed by atoms with Crippen molar-refractivity contribution in [3.63, 3.8) is 0 Å². The average Bonchev–Trinajstić information content (AvgIpc) is 2.66. The van der Waals surface area contributed by atoms with E-state index in [1.54, 1.807) is 19.2 Å². The summed E-state index contributed by atoms with van der Waals surface area (Å²) >= 11 is 0. The van der Waals surface area contributed by atoms with Crippen molar-refractivity contribution >= 4 is 16.9 Å². The molecule has 0 bridgehead atoms. The Bertz CT molecular complexity index is 988. The number of hydrogen-bond acceptors (Lipinski definition) is 5. The van der Waals surface area contributed by atoms with Gasteiger partial charge in [-0.15, -0.1) is 0 Å². The Morgan fingerprint density at radius 1 is 1.12 bits per heavy atom. The van der Waals surface area contributed by atoms with Gasteiger partial charge in [0, 0.05) is 17.0 Å². The molecule has 5 heteroatoms. The summed E-state index contributed by atoms with van der Waals surface area (Å²) in [5.41, 5.74) is 2.21. The van der Waals surface area contributed by atoms with E-state index < -0.39 is 17.5 Å². The fraction of sp³-hybridized carbons (Fsp3) is 0.238. The SMILES string of the molecule is COC(=O)[C@H](Cc1ccccc1)c1cc(=O)oc2c(C)c(OC)ccc12. The lowest BCUT2D eigenvalue weighted by Crippen LogP contribution is -2.19. The summed E-state index contributed by atoms with van der Waals surface area (Å²) in [6.45, 7) is 1.82. The normalized spacial score (nSPS) is 12.0. The van der Waals surface area contributed by atoms with E-state index in [9.17, 15) is 9.59 Å². The van der Waals surface area contributed by atoms with Crippen LogP contribution in [0.1, 0.15) is 22.6 Å². The Kier molecular flexibility index (Phi) is 5.07. The zero-order chi connectivity index (χ0) is 18.7. The van der Waals surface area contributed by atoms with Gasteiger partial charge in [-0.2, -0.15) is 0 Å². The van der Waals surface area contributed by atoms with Gasteiger partial charge in [0.1, 0.15) is 11.3 Å². The molecular weight excluding hydrogens is 332 g/mol. The van der Waals surface area contributed by atoms with E-state index in [2.05, 4.69) is 0 Å². The third-order valence-electron chi connectivity index (χ3n) is 4.51. The standard InChI is InChI=1S/C21H20O5/c1-13-18(24-2)10-9-15-16(12-19(22)26-20(13)15)17(21(23)25-3)11-14-7-5-4-6-8-14/h4-10,12,17H,11H2,1-3H3/t17-/m1/s1. The molecule has 0 radical (unpaired) electrons. The van der Waals surface area contributed by atoms with Crippen LogP contribution in [0, 0.1) is 6.92 Å². The second-order valence-electron chi connectivity index (χ2n) is 6.06. The lowest BCUT2D eigenvalue weighted by Gasteiger charge is -2.17. The number of fused-ring (bicyclic) bond motifs is 1. The van der Waals surface area contributed by atoms with Crippen molar-refractivity contribution in [3.05, 3.63) is 75.6 Å².